The number of urea groups is 1. The van der Waals surface area contributed by atoms with Gasteiger partial charge in [-0.3, -0.25) is 10.1 Å². The summed E-state index contributed by atoms with van der Waals surface area (Å²) in [5.41, 5.74) is 0.185. The largest absolute Gasteiger partial charge is 0.504 e. The molecule has 1 atom stereocenters. The van der Waals surface area contributed by atoms with E-state index in [-0.39, 0.29) is 28.3 Å². The topological polar surface area (TPSA) is 140 Å². The van der Waals surface area contributed by atoms with E-state index in [0.29, 0.717) is 5.56 Å². The van der Waals surface area contributed by atoms with E-state index >= 15 is 0 Å². The van der Waals surface area contributed by atoms with Crippen molar-refractivity contribution in [3.63, 3.8) is 0 Å². The van der Waals surface area contributed by atoms with Crippen molar-refractivity contribution in [2.75, 3.05) is 14.2 Å². The van der Waals surface area contributed by atoms with E-state index in [0.717, 1.165) is 12.1 Å². The molecule has 2 aromatic rings. The Morgan fingerprint density at radius 1 is 1.21 bits per heavy atom. The maximum Gasteiger partial charge on any atom is 0.338 e. The average Bonchev–Trinajstić information content (AvgIpc) is 2.73. The molecule has 0 saturated heterocycles. The number of carbonyl (C=O) groups excluding carboxylic acids is 2. The molecule has 29 heavy (non-hydrogen) atoms. The van der Waals surface area contributed by atoms with Crippen molar-refractivity contribution in [1.29, 1.82) is 0 Å². The second-order valence-corrected chi connectivity index (χ2v) is 6.02. The molecule has 0 radical (unpaired) electrons. The van der Waals surface area contributed by atoms with Crippen LogP contribution in [0.1, 0.15) is 17.2 Å². The Bertz CT molecular complexity index is 1020. The molecule has 2 amide bonds. The van der Waals surface area contributed by atoms with Crippen LogP contribution >= 0.6 is 0 Å². The highest BCUT2D eigenvalue weighted by atomic mass is 16.6. The standard InChI is InChI=1S/C19H17N3O7/c1-28-13-9-11(22(26)27)8-12(17(13)23)16-14(18(24)29-2)15(20-19(25)21-16)10-6-4-3-5-7-10/h3-9,16,23H,1-2H3,(H2,20,21,25). The molecule has 150 valence electrons. The number of non-ortho nitro benzene ring substituents is 1. The fourth-order valence-electron chi connectivity index (χ4n) is 3.06. The van der Waals surface area contributed by atoms with E-state index in [9.17, 15) is 24.8 Å². The molecule has 10 heteroatoms. The third kappa shape index (κ3) is 3.68. The second kappa shape index (κ2) is 7.89. The molecule has 0 saturated carbocycles. The first-order chi connectivity index (χ1) is 13.9. The monoisotopic (exact) mass is 399 g/mol. The summed E-state index contributed by atoms with van der Waals surface area (Å²) in [5, 5.41) is 26.9. The summed E-state index contributed by atoms with van der Waals surface area (Å²) >= 11 is 0. The summed E-state index contributed by atoms with van der Waals surface area (Å²) in [6, 6.07) is 8.78. The predicted molar refractivity (Wildman–Crippen MR) is 101 cm³/mol. The minimum Gasteiger partial charge on any atom is -0.504 e. The number of carbonyl (C=O) groups is 2. The molecule has 1 heterocycles. The number of nitro groups is 1. The number of methoxy groups -OCH3 is 2. The number of nitrogens with one attached hydrogen (secondary N) is 2. The van der Waals surface area contributed by atoms with E-state index in [1.165, 1.54) is 14.2 Å². The van der Waals surface area contributed by atoms with E-state index in [2.05, 4.69) is 10.6 Å². The van der Waals surface area contributed by atoms with Crippen LogP contribution in [0.4, 0.5) is 10.5 Å². The van der Waals surface area contributed by atoms with Crippen molar-refractivity contribution in [3.05, 3.63) is 69.3 Å². The van der Waals surface area contributed by atoms with Gasteiger partial charge in [0.2, 0.25) is 0 Å². The summed E-state index contributed by atoms with van der Waals surface area (Å²) < 4.78 is 9.88. The fourth-order valence-corrected chi connectivity index (χ4v) is 3.06. The third-order valence-electron chi connectivity index (χ3n) is 4.37. The van der Waals surface area contributed by atoms with Crippen LogP contribution in [-0.4, -0.2) is 36.2 Å². The van der Waals surface area contributed by atoms with Gasteiger partial charge < -0.3 is 25.2 Å². The SMILES string of the molecule is COC(=O)C1=C(c2ccccc2)NC(=O)NC1c1cc([N+](=O)[O-])cc(OC)c1O. The zero-order chi connectivity index (χ0) is 21.1. The number of esters is 1. The van der Waals surface area contributed by atoms with Gasteiger partial charge in [0.15, 0.2) is 11.5 Å². The van der Waals surface area contributed by atoms with Crippen molar-refractivity contribution < 1.29 is 29.1 Å². The number of ether oxygens (including phenoxy) is 2. The first-order valence-electron chi connectivity index (χ1n) is 8.38. The Balaban J connectivity index is 2.29. The second-order valence-electron chi connectivity index (χ2n) is 6.02. The van der Waals surface area contributed by atoms with E-state index in [4.69, 9.17) is 9.47 Å². The Hall–Kier alpha value is -4.08. The van der Waals surface area contributed by atoms with E-state index in [1.807, 2.05) is 0 Å². The van der Waals surface area contributed by atoms with Gasteiger partial charge in [0.25, 0.3) is 5.69 Å². The van der Waals surface area contributed by atoms with Crippen LogP contribution < -0.4 is 15.4 Å². The number of nitrogens with zero attached hydrogens (tertiary/aromatic N) is 1. The summed E-state index contributed by atoms with van der Waals surface area (Å²) in [4.78, 5) is 35.6. The van der Waals surface area contributed by atoms with Gasteiger partial charge in [-0.05, 0) is 5.56 Å². The van der Waals surface area contributed by atoms with Gasteiger partial charge in [0.1, 0.15) is 0 Å². The molecule has 10 nitrogen and oxygen atoms in total. The Kier molecular flexibility index (Phi) is 5.35. The summed E-state index contributed by atoms with van der Waals surface area (Å²) in [7, 11) is 2.40. The highest BCUT2D eigenvalue weighted by molar-refractivity contribution is 6.04. The summed E-state index contributed by atoms with van der Waals surface area (Å²) in [6.45, 7) is 0. The van der Waals surface area contributed by atoms with Gasteiger partial charge in [0.05, 0.1) is 42.5 Å². The van der Waals surface area contributed by atoms with Gasteiger partial charge >= 0.3 is 12.0 Å². The Morgan fingerprint density at radius 3 is 2.48 bits per heavy atom. The van der Waals surface area contributed by atoms with Gasteiger partial charge in [-0.2, -0.15) is 0 Å². The van der Waals surface area contributed by atoms with Crippen LogP contribution in [0.5, 0.6) is 11.5 Å². The molecule has 0 spiro atoms. The number of phenols is 1. The fraction of sp³-hybridized carbons (Fsp3) is 0.158. The number of rotatable bonds is 5. The van der Waals surface area contributed by atoms with E-state index < -0.39 is 28.7 Å². The molecule has 1 aliphatic rings. The smallest absolute Gasteiger partial charge is 0.338 e. The van der Waals surface area contributed by atoms with Gasteiger partial charge in [-0.1, -0.05) is 30.3 Å². The average molecular weight is 399 g/mol. The highest BCUT2D eigenvalue weighted by Gasteiger charge is 2.37. The lowest BCUT2D eigenvalue weighted by molar-refractivity contribution is -0.385. The minimum atomic E-state index is -1.22. The van der Waals surface area contributed by atoms with Crippen LogP contribution in [-0.2, 0) is 9.53 Å². The van der Waals surface area contributed by atoms with Crippen molar-refractivity contribution in [3.8, 4) is 11.5 Å². The molecule has 0 bridgehead atoms. The van der Waals surface area contributed by atoms with Crippen LogP contribution in [0.25, 0.3) is 5.70 Å². The van der Waals surface area contributed by atoms with Crippen LogP contribution in [0.3, 0.4) is 0 Å². The van der Waals surface area contributed by atoms with E-state index in [1.54, 1.807) is 30.3 Å². The number of hydrogen-bond donors (Lipinski definition) is 3. The first-order valence-corrected chi connectivity index (χ1v) is 8.38. The quantitative estimate of drug-likeness (QED) is 0.398. The molecular formula is C19H17N3O7. The maximum atomic E-state index is 12.6. The minimum absolute atomic E-state index is 0.0313. The van der Waals surface area contributed by atoms with Gasteiger partial charge in [-0.25, -0.2) is 9.59 Å². The Labute approximate surface area is 164 Å². The van der Waals surface area contributed by atoms with Crippen LogP contribution in [0.2, 0.25) is 0 Å². The number of nitro benzene ring substituents is 1. The molecule has 0 aromatic heterocycles. The molecule has 2 aromatic carbocycles. The first kappa shape index (κ1) is 19.7. The predicted octanol–water partition coefficient (Wildman–Crippen LogP) is 2.25. The number of benzene rings is 2. The normalized spacial score (nSPS) is 15.9. The van der Waals surface area contributed by atoms with Crippen molar-refractivity contribution in [2.24, 2.45) is 0 Å². The lowest BCUT2D eigenvalue weighted by Crippen LogP contribution is -2.45. The molecule has 1 unspecified atom stereocenters. The molecule has 1 aliphatic heterocycles. The molecule has 0 fully saturated rings. The number of amides is 2. The van der Waals surface area contributed by atoms with Crippen LogP contribution in [0.15, 0.2) is 48.0 Å². The molecular weight excluding hydrogens is 382 g/mol. The van der Waals surface area contributed by atoms with Gasteiger partial charge in [-0.15, -0.1) is 0 Å². The number of hydrogen-bond acceptors (Lipinski definition) is 7. The van der Waals surface area contributed by atoms with Gasteiger partial charge in [0, 0.05) is 11.6 Å². The van der Waals surface area contributed by atoms with Crippen molar-refractivity contribution in [2.45, 2.75) is 6.04 Å². The Morgan fingerprint density at radius 2 is 1.90 bits per heavy atom. The molecule has 3 rings (SSSR count). The number of aromatic hydroxyl groups is 1. The zero-order valence-corrected chi connectivity index (χ0v) is 15.5. The summed E-state index contributed by atoms with van der Waals surface area (Å²) in [6.07, 6.45) is 0. The highest BCUT2D eigenvalue weighted by Crippen LogP contribution is 2.42. The molecule has 3 N–H and O–H groups in total. The number of phenolic OH excluding ortho intramolecular Hbond substituents is 1. The lowest BCUT2D eigenvalue weighted by atomic mass is 9.91. The molecule has 0 aliphatic carbocycles. The van der Waals surface area contributed by atoms with Crippen molar-refractivity contribution >= 4 is 23.4 Å². The summed E-state index contributed by atoms with van der Waals surface area (Å²) in [5.74, 6) is -1.40. The third-order valence-corrected chi connectivity index (χ3v) is 4.37. The lowest BCUT2D eigenvalue weighted by Gasteiger charge is -2.29. The maximum absolute atomic E-state index is 12.6. The van der Waals surface area contributed by atoms with Crippen molar-refractivity contribution in [1.82, 2.24) is 10.6 Å². The van der Waals surface area contributed by atoms with Crippen LogP contribution in [0, 0.1) is 10.1 Å². The zero-order valence-electron chi connectivity index (χ0n) is 15.5.